The lowest BCUT2D eigenvalue weighted by molar-refractivity contribution is -0.112. The van der Waals surface area contributed by atoms with E-state index in [1.807, 2.05) is 6.92 Å². The molecule has 0 bridgehead atoms. The van der Waals surface area contributed by atoms with E-state index in [0.717, 1.165) is 11.3 Å². The van der Waals surface area contributed by atoms with Gasteiger partial charge in [-0.1, -0.05) is 11.3 Å². The van der Waals surface area contributed by atoms with Crippen LogP contribution in [-0.4, -0.2) is 20.6 Å². The highest BCUT2D eigenvalue weighted by atomic mass is 32.1. The summed E-state index contributed by atoms with van der Waals surface area (Å²) in [6.07, 6.45) is 3.24. The summed E-state index contributed by atoms with van der Waals surface area (Å²) in [6, 6.07) is 7.51. The number of carbonyl (C=O) groups is 1. The largest absolute Gasteiger partial charge is 0.493 e. The summed E-state index contributed by atoms with van der Waals surface area (Å²) >= 11 is 1.15. The van der Waals surface area contributed by atoms with Crippen molar-refractivity contribution in [2.75, 3.05) is 0 Å². The Labute approximate surface area is 151 Å². The number of thiazole rings is 1. The van der Waals surface area contributed by atoms with Gasteiger partial charge in [0, 0.05) is 18.0 Å². The monoisotopic (exact) mass is 368 g/mol. The number of pyridine rings is 1. The van der Waals surface area contributed by atoms with E-state index in [4.69, 9.17) is 0 Å². The van der Waals surface area contributed by atoms with Crippen LogP contribution in [0, 0.1) is 5.82 Å². The molecule has 2 aromatic heterocycles. The lowest BCUT2D eigenvalue weighted by Crippen LogP contribution is -2.23. The summed E-state index contributed by atoms with van der Waals surface area (Å²) in [5.41, 5.74) is 0.818. The van der Waals surface area contributed by atoms with Gasteiger partial charge in [-0.25, -0.2) is 14.4 Å². The van der Waals surface area contributed by atoms with Gasteiger partial charge in [0.25, 0.3) is 5.91 Å². The first-order chi connectivity index (χ1) is 12.6. The van der Waals surface area contributed by atoms with E-state index in [1.54, 1.807) is 29.1 Å². The lowest BCUT2D eigenvalue weighted by atomic mass is 10.1. The van der Waals surface area contributed by atoms with Gasteiger partial charge < -0.3 is 5.11 Å². The summed E-state index contributed by atoms with van der Waals surface area (Å²) in [5.74, 6) is -1.06. The maximum Gasteiger partial charge on any atom is 0.279 e. The Bertz CT molecular complexity index is 1210. The molecule has 1 aliphatic rings. The van der Waals surface area contributed by atoms with Crippen molar-refractivity contribution in [3.63, 3.8) is 0 Å². The summed E-state index contributed by atoms with van der Waals surface area (Å²) in [4.78, 5) is 25.7. The Morgan fingerprint density at radius 1 is 1.35 bits per heavy atom. The minimum Gasteiger partial charge on any atom is -0.493 e. The fraction of sp³-hybridized carbons (Fsp3) is 0.111. The first-order valence-corrected chi connectivity index (χ1v) is 8.70. The highest BCUT2D eigenvalue weighted by Crippen LogP contribution is 2.28. The second-order valence-electron chi connectivity index (χ2n) is 5.56. The van der Waals surface area contributed by atoms with Gasteiger partial charge in [0.05, 0.1) is 22.8 Å². The molecule has 0 fully saturated rings. The second kappa shape index (κ2) is 6.30. The molecular weight excluding hydrogens is 355 g/mol. The van der Waals surface area contributed by atoms with Crippen molar-refractivity contribution in [3.05, 3.63) is 68.8 Å². The van der Waals surface area contributed by atoms with Crippen LogP contribution in [0.15, 0.2) is 52.7 Å². The third kappa shape index (κ3) is 2.64. The summed E-state index contributed by atoms with van der Waals surface area (Å²) in [6.45, 7) is 2.31. The Balaban J connectivity index is 2.00. The summed E-state index contributed by atoms with van der Waals surface area (Å²) < 4.78 is 15.2. The minimum absolute atomic E-state index is 0.0872. The predicted octanol–water partition coefficient (Wildman–Crippen LogP) is 1.40. The maximum atomic E-state index is 13.7. The Morgan fingerprint density at radius 3 is 2.92 bits per heavy atom. The number of benzene rings is 1. The zero-order valence-corrected chi connectivity index (χ0v) is 14.5. The highest BCUT2D eigenvalue weighted by Gasteiger charge is 2.25. The zero-order valence-electron chi connectivity index (χ0n) is 13.7. The van der Waals surface area contributed by atoms with Crippen molar-refractivity contribution < 1.29 is 14.3 Å². The van der Waals surface area contributed by atoms with Crippen molar-refractivity contribution in [1.29, 1.82) is 0 Å². The van der Waals surface area contributed by atoms with E-state index in [1.165, 1.54) is 18.2 Å². The number of rotatable bonds is 3. The van der Waals surface area contributed by atoms with Crippen molar-refractivity contribution in [2.24, 2.45) is 9.98 Å². The summed E-state index contributed by atoms with van der Waals surface area (Å²) in [5, 5.41) is 11.4. The minimum atomic E-state index is -0.502. The van der Waals surface area contributed by atoms with E-state index < -0.39 is 11.7 Å². The number of hydrogen-bond acceptors (Lipinski definition) is 5. The number of aromatic nitrogens is 2. The average Bonchev–Trinajstić information content (AvgIpc) is 3.11. The standard InChI is InChI=1S/C18H13FN4O2S/c1-2-23-17(25)15(26-18(23)21-11-4-3-7-20-9-11)14-12-8-10(19)5-6-13(12)22-16(14)24/h3-9,25H,2H2,1H3. The van der Waals surface area contributed by atoms with Crippen LogP contribution in [0.3, 0.4) is 0 Å². The van der Waals surface area contributed by atoms with Crippen LogP contribution in [0.4, 0.5) is 10.1 Å². The van der Waals surface area contributed by atoms with Gasteiger partial charge in [0.15, 0.2) is 4.80 Å². The molecule has 8 heteroatoms. The topological polar surface area (TPSA) is 79.8 Å². The number of hydrogen-bond donors (Lipinski definition) is 1. The molecule has 26 heavy (non-hydrogen) atoms. The molecule has 3 heterocycles. The molecule has 1 N–H and O–H groups in total. The molecule has 1 aliphatic heterocycles. The number of aromatic hydroxyl groups is 1. The molecule has 1 aromatic carbocycles. The van der Waals surface area contributed by atoms with Gasteiger partial charge >= 0.3 is 0 Å². The number of halogens is 1. The molecule has 1 amide bonds. The third-order valence-electron chi connectivity index (χ3n) is 3.96. The van der Waals surface area contributed by atoms with Gasteiger partial charge in [-0.3, -0.25) is 14.3 Å². The first kappa shape index (κ1) is 16.3. The van der Waals surface area contributed by atoms with E-state index in [-0.39, 0.29) is 11.5 Å². The van der Waals surface area contributed by atoms with Crippen LogP contribution < -0.4 is 15.4 Å². The number of nitrogens with zero attached hydrogens (tertiary/aromatic N) is 4. The fourth-order valence-corrected chi connectivity index (χ4v) is 3.93. The number of carbonyl (C=O) groups excluding carboxylic acids is 1. The van der Waals surface area contributed by atoms with Crippen molar-refractivity contribution in [2.45, 2.75) is 13.5 Å². The van der Waals surface area contributed by atoms with E-state index in [0.29, 0.717) is 32.5 Å². The molecular formula is C18H13FN4O2S. The van der Waals surface area contributed by atoms with Gasteiger partial charge in [-0.05, 0) is 37.3 Å². The molecule has 0 saturated heterocycles. The molecule has 0 atom stereocenters. The molecule has 0 spiro atoms. The number of amides is 1. The SMILES string of the molecule is CCn1c(O)c(C2=c3cc(F)ccc3=NC2=O)sc1=Nc1cccnc1. The molecule has 6 nitrogen and oxygen atoms in total. The quantitative estimate of drug-likeness (QED) is 0.759. The molecule has 0 unspecified atom stereocenters. The average molecular weight is 368 g/mol. The number of fused-ring (bicyclic) bond motifs is 1. The maximum absolute atomic E-state index is 13.7. The third-order valence-corrected chi connectivity index (χ3v) is 5.05. The van der Waals surface area contributed by atoms with Crippen LogP contribution in [0.25, 0.3) is 5.57 Å². The molecule has 0 aliphatic carbocycles. The van der Waals surface area contributed by atoms with Crippen LogP contribution >= 0.6 is 11.3 Å². The van der Waals surface area contributed by atoms with Crippen LogP contribution in [-0.2, 0) is 11.3 Å². The smallest absolute Gasteiger partial charge is 0.279 e. The normalized spacial score (nSPS) is 13.8. The summed E-state index contributed by atoms with van der Waals surface area (Å²) in [7, 11) is 0. The molecule has 3 aromatic rings. The zero-order chi connectivity index (χ0) is 18.3. The molecule has 4 rings (SSSR count). The van der Waals surface area contributed by atoms with E-state index in [9.17, 15) is 14.3 Å². The second-order valence-corrected chi connectivity index (χ2v) is 6.54. The predicted molar refractivity (Wildman–Crippen MR) is 93.8 cm³/mol. The van der Waals surface area contributed by atoms with Gasteiger partial charge in [0.1, 0.15) is 10.7 Å². The fourth-order valence-electron chi connectivity index (χ4n) is 2.77. The van der Waals surface area contributed by atoms with Crippen LogP contribution in [0.5, 0.6) is 5.88 Å². The van der Waals surface area contributed by atoms with Crippen LogP contribution in [0.2, 0.25) is 0 Å². The first-order valence-electron chi connectivity index (χ1n) is 7.89. The Kier molecular flexibility index (Phi) is 3.96. The highest BCUT2D eigenvalue weighted by molar-refractivity contribution is 7.11. The van der Waals surface area contributed by atoms with Crippen LogP contribution in [0.1, 0.15) is 11.8 Å². The van der Waals surface area contributed by atoms with Gasteiger partial charge in [0.2, 0.25) is 5.88 Å². The van der Waals surface area contributed by atoms with Crippen molar-refractivity contribution >= 4 is 28.5 Å². The molecule has 130 valence electrons. The molecule has 0 radical (unpaired) electrons. The lowest BCUT2D eigenvalue weighted by Gasteiger charge is -2.01. The Morgan fingerprint density at radius 2 is 2.19 bits per heavy atom. The van der Waals surface area contributed by atoms with E-state index >= 15 is 0 Å². The Hall–Kier alpha value is -3.13. The van der Waals surface area contributed by atoms with Crippen molar-refractivity contribution in [1.82, 2.24) is 9.55 Å². The molecule has 0 saturated carbocycles. The van der Waals surface area contributed by atoms with Gasteiger partial charge in [-0.2, -0.15) is 0 Å². The van der Waals surface area contributed by atoms with Crippen molar-refractivity contribution in [3.8, 4) is 5.88 Å². The van der Waals surface area contributed by atoms with E-state index in [2.05, 4.69) is 15.0 Å². The van der Waals surface area contributed by atoms with Gasteiger partial charge in [-0.15, -0.1) is 0 Å².